The first-order chi connectivity index (χ1) is 13.0. The molecule has 136 valence electrons. The zero-order valence-electron chi connectivity index (χ0n) is 14.7. The average molecular weight is 380 g/mol. The lowest BCUT2D eigenvalue weighted by atomic mass is 10.1. The van der Waals surface area contributed by atoms with E-state index in [1.165, 1.54) is 6.92 Å². The zero-order chi connectivity index (χ0) is 19.2. The quantitative estimate of drug-likeness (QED) is 0.613. The van der Waals surface area contributed by atoms with Crippen molar-refractivity contribution >= 4 is 34.7 Å². The van der Waals surface area contributed by atoms with Crippen LogP contribution in [0.2, 0.25) is 5.02 Å². The van der Waals surface area contributed by atoms with Crippen molar-refractivity contribution in [1.82, 2.24) is 10.3 Å². The Labute approximate surface area is 162 Å². The summed E-state index contributed by atoms with van der Waals surface area (Å²) in [5, 5.41) is 6.58. The highest BCUT2D eigenvalue weighted by Gasteiger charge is 2.08. The number of rotatable bonds is 6. The number of amides is 1. The van der Waals surface area contributed by atoms with Gasteiger partial charge in [0.2, 0.25) is 0 Å². The van der Waals surface area contributed by atoms with Crippen molar-refractivity contribution in [2.45, 2.75) is 13.5 Å². The Balaban J connectivity index is 1.63. The molecule has 0 unspecified atom stereocenters. The summed E-state index contributed by atoms with van der Waals surface area (Å²) in [6, 6.07) is 17.9. The molecule has 5 nitrogen and oxygen atoms in total. The highest BCUT2D eigenvalue weighted by atomic mass is 35.5. The number of aromatic nitrogens is 1. The molecule has 6 heteroatoms. The van der Waals surface area contributed by atoms with Crippen molar-refractivity contribution in [3.63, 3.8) is 0 Å². The molecule has 0 bridgehead atoms. The van der Waals surface area contributed by atoms with E-state index in [9.17, 15) is 9.59 Å². The van der Waals surface area contributed by atoms with Crippen LogP contribution in [0.3, 0.4) is 0 Å². The molecule has 0 saturated carbocycles. The van der Waals surface area contributed by atoms with Crippen LogP contribution in [0.25, 0.3) is 0 Å². The van der Waals surface area contributed by atoms with Crippen LogP contribution in [-0.4, -0.2) is 16.7 Å². The molecule has 1 heterocycles. The van der Waals surface area contributed by atoms with Crippen LogP contribution in [0.5, 0.6) is 0 Å². The van der Waals surface area contributed by atoms with Gasteiger partial charge in [-0.15, -0.1) is 0 Å². The largest absolute Gasteiger partial charge is 0.354 e. The van der Waals surface area contributed by atoms with E-state index in [4.69, 9.17) is 11.6 Å². The van der Waals surface area contributed by atoms with Gasteiger partial charge >= 0.3 is 0 Å². The van der Waals surface area contributed by atoms with Crippen molar-refractivity contribution in [2.75, 3.05) is 5.32 Å². The Morgan fingerprint density at radius 3 is 2.52 bits per heavy atom. The van der Waals surface area contributed by atoms with Gasteiger partial charge in [0.05, 0.1) is 11.9 Å². The molecule has 0 spiro atoms. The van der Waals surface area contributed by atoms with Gasteiger partial charge in [-0.3, -0.25) is 9.59 Å². The third kappa shape index (κ3) is 4.92. The smallest absolute Gasteiger partial charge is 0.270 e. The first-order valence-electron chi connectivity index (χ1n) is 8.38. The minimum atomic E-state index is -0.278. The number of carbonyl (C=O) groups excluding carboxylic acids is 2. The molecule has 0 atom stereocenters. The second-order valence-electron chi connectivity index (χ2n) is 5.97. The van der Waals surface area contributed by atoms with Gasteiger partial charge in [-0.2, -0.15) is 0 Å². The van der Waals surface area contributed by atoms with Crippen molar-refractivity contribution < 1.29 is 9.59 Å². The predicted molar refractivity (Wildman–Crippen MR) is 107 cm³/mol. The number of nitrogens with one attached hydrogen (secondary N) is 2. The number of anilines is 2. The Hall–Kier alpha value is -3.18. The molecule has 0 radical (unpaired) electrons. The molecule has 0 saturated heterocycles. The Kier molecular flexibility index (Phi) is 5.84. The molecule has 27 heavy (non-hydrogen) atoms. The van der Waals surface area contributed by atoms with Crippen molar-refractivity contribution in [1.29, 1.82) is 0 Å². The van der Waals surface area contributed by atoms with E-state index in [2.05, 4.69) is 15.6 Å². The van der Waals surface area contributed by atoms with Gasteiger partial charge < -0.3 is 10.6 Å². The lowest BCUT2D eigenvalue weighted by Crippen LogP contribution is -2.23. The fourth-order valence-electron chi connectivity index (χ4n) is 2.49. The SMILES string of the molecule is CC(=O)c1cccc(Nc2ccc(C(=O)NCc3ccccc3Cl)nc2)c1. The topological polar surface area (TPSA) is 71.1 Å². The molecule has 0 aliphatic carbocycles. The van der Waals surface area contributed by atoms with Crippen LogP contribution in [-0.2, 0) is 6.54 Å². The maximum absolute atomic E-state index is 12.2. The molecule has 0 fully saturated rings. The lowest BCUT2D eigenvalue weighted by molar-refractivity contribution is 0.0945. The number of hydrogen-bond donors (Lipinski definition) is 2. The normalized spacial score (nSPS) is 10.3. The van der Waals surface area contributed by atoms with Crippen molar-refractivity contribution in [3.05, 3.63) is 88.7 Å². The minimum Gasteiger partial charge on any atom is -0.354 e. The van der Waals surface area contributed by atoms with E-state index in [0.29, 0.717) is 22.8 Å². The van der Waals surface area contributed by atoms with Gasteiger partial charge in [0.1, 0.15) is 5.69 Å². The second kappa shape index (κ2) is 8.47. The van der Waals surface area contributed by atoms with Gasteiger partial charge in [0.15, 0.2) is 5.78 Å². The Bertz CT molecular complexity index is 971. The number of ketones is 1. The van der Waals surface area contributed by atoms with Gasteiger partial charge in [0.25, 0.3) is 5.91 Å². The van der Waals surface area contributed by atoms with Crippen LogP contribution in [0.1, 0.15) is 33.3 Å². The van der Waals surface area contributed by atoms with Crippen LogP contribution in [0.4, 0.5) is 11.4 Å². The van der Waals surface area contributed by atoms with Gasteiger partial charge in [0, 0.05) is 22.8 Å². The maximum Gasteiger partial charge on any atom is 0.270 e. The molecule has 2 aromatic carbocycles. The standard InChI is InChI=1S/C21H18ClN3O2/c1-14(26)15-6-4-7-17(11-15)25-18-9-10-20(23-13-18)21(27)24-12-16-5-2-3-8-19(16)22/h2-11,13,25H,12H2,1H3,(H,24,27). The number of Topliss-reactive ketones (excluding diaryl/α,β-unsaturated/α-hetero) is 1. The Morgan fingerprint density at radius 1 is 1.00 bits per heavy atom. The van der Waals surface area contributed by atoms with Crippen LogP contribution >= 0.6 is 11.6 Å². The molecule has 1 amide bonds. The van der Waals surface area contributed by atoms with E-state index < -0.39 is 0 Å². The second-order valence-corrected chi connectivity index (χ2v) is 6.38. The van der Waals surface area contributed by atoms with Crippen LogP contribution in [0.15, 0.2) is 66.9 Å². The van der Waals surface area contributed by atoms with Crippen LogP contribution < -0.4 is 10.6 Å². The monoisotopic (exact) mass is 379 g/mol. The van der Waals surface area contributed by atoms with E-state index in [0.717, 1.165) is 16.9 Å². The van der Waals surface area contributed by atoms with Gasteiger partial charge in [-0.05, 0) is 42.8 Å². The number of halogens is 1. The summed E-state index contributed by atoms with van der Waals surface area (Å²) in [6.07, 6.45) is 1.57. The number of carbonyl (C=O) groups is 2. The molecular weight excluding hydrogens is 362 g/mol. The summed E-state index contributed by atoms with van der Waals surface area (Å²) >= 11 is 6.09. The average Bonchev–Trinajstić information content (AvgIpc) is 2.68. The summed E-state index contributed by atoms with van der Waals surface area (Å²) in [6.45, 7) is 1.86. The van der Waals surface area contributed by atoms with Gasteiger partial charge in [-0.25, -0.2) is 4.98 Å². The Morgan fingerprint density at radius 2 is 1.81 bits per heavy atom. The third-order valence-corrected chi connectivity index (χ3v) is 4.32. The third-order valence-electron chi connectivity index (χ3n) is 3.95. The number of pyridine rings is 1. The van der Waals surface area contributed by atoms with E-state index >= 15 is 0 Å². The molecule has 1 aromatic heterocycles. The molecule has 2 N–H and O–H groups in total. The summed E-state index contributed by atoms with van der Waals surface area (Å²) in [4.78, 5) is 27.9. The fraction of sp³-hybridized carbons (Fsp3) is 0.0952. The number of nitrogens with zero attached hydrogens (tertiary/aromatic N) is 1. The summed E-state index contributed by atoms with van der Waals surface area (Å²) < 4.78 is 0. The van der Waals surface area contributed by atoms with Crippen molar-refractivity contribution in [2.24, 2.45) is 0 Å². The van der Waals surface area contributed by atoms with E-state index in [1.54, 1.807) is 36.5 Å². The molecule has 3 rings (SSSR count). The van der Waals surface area contributed by atoms with Crippen LogP contribution in [0, 0.1) is 0 Å². The first-order valence-corrected chi connectivity index (χ1v) is 8.76. The maximum atomic E-state index is 12.2. The summed E-state index contributed by atoms with van der Waals surface area (Å²) in [5.74, 6) is -0.276. The predicted octanol–water partition coefficient (Wildman–Crippen LogP) is 4.61. The number of hydrogen-bond acceptors (Lipinski definition) is 4. The minimum absolute atomic E-state index is 0.00214. The highest BCUT2D eigenvalue weighted by molar-refractivity contribution is 6.31. The first kappa shape index (κ1) is 18.6. The molecule has 0 aliphatic heterocycles. The van der Waals surface area contributed by atoms with E-state index in [-0.39, 0.29) is 11.7 Å². The molecule has 0 aliphatic rings. The molecular formula is C21H18ClN3O2. The summed E-state index contributed by atoms with van der Waals surface area (Å²) in [5.41, 5.74) is 3.28. The zero-order valence-corrected chi connectivity index (χ0v) is 15.5. The summed E-state index contributed by atoms with van der Waals surface area (Å²) in [7, 11) is 0. The van der Waals surface area contributed by atoms with Gasteiger partial charge in [-0.1, -0.05) is 41.9 Å². The fourth-order valence-corrected chi connectivity index (χ4v) is 2.70. The lowest BCUT2D eigenvalue weighted by Gasteiger charge is -2.09. The molecule has 3 aromatic rings. The number of benzene rings is 2. The highest BCUT2D eigenvalue weighted by Crippen LogP contribution is 2.18. The van der Waals surface area contributed by atoms with Crippen molar-refractivity contribution in [3.8, 4) is 0 Å². The van der Waals surface area contributed by atoms with E-state index in [1.807, 2.05) is 30.3 Å².